The summed E-state index contributed by atoms with van der Waals surface area (Å²) in [6.07, 6.45) is 0. The summed E-state index contributed by atoms with van der Waals surface area (Å²) in [6.45, 7) is 0. The van der Waals surface area contributed by atoms with E-state index >= 15 is 0 Å². The van der Waals surface area contributed by atoms with Crippen molar-refractivity contribution in [2.24, 2.45) is 5.84 Å². The van der Waals surface area contributed by atoms with Gasteiger partial charge in [0.25, 0.3) is 0 Å². The van der Waals surface area contributed by atoms with Crippen molar-refractivity contribution in [3.8, 4) is 0 Å². The molecule has 0 amide bonds. The fourth-order valence-corrected chi connectivity index (χ4v) is 0. The molecule has 0 heterocycles. The summed E-state index contributed by atoms with van der Waals surface area (Å²) in [4.78, 5) is 0.750. The second-order valence-corrected chi connectivity index (χ2v) is 0.611. The third-order valence-electron chi connectivity index (χ3n) is 0. The van der Waals surface area contributed by atoms with Crippen LogP contribution in [0, 0.1) is 5.53 Å². The summed E-state index contributed by atoms with van der Waals surface area (Å²) in [5, 5.41) is 0. The van der Waals surface area contributed by atoms with Gasteiger partial charge in [-0.3, -0.25) is 0 Å². The summed E-state index contributed by atoms with van der Waals surface area (Å²) < 4.78 is 0. The molecule has 0 aromatic rings. The van der Waals surface area contributed by atoms with E-state index in [9.17, 15) is 0 Å². The van der Waals surface area contributed by atoms with Gasteiger partial charge in [-0.1, -0.05) is 0 Å². The second-order valence-electron chi connectivity index (χ2n) is 0.611. The van der Waals surface area contributed by atoms with Crippen LogP contribution in [0.5, 0.6) is 0 Å². The molecule has 4 heavy (non-hydrogen) atoms. The van der Waals surface area contributed by atoms with E-state index in [4.69, 9.17) is 5.53 Å². The van der Waals surface area contributed by atoms with E-state index in [0.29, 0.717) is 0 Å². The van der Waals surface area contributed by atoms with Gasteiger partial charge in [0.15, 0.2) is 7.05 Å². The first-order valence-corrected chi connectivity index (χ1v) is 0.929. The van der Waals surface area contributed by atoms with Crippen molar-refractivity contribution in [2.45, 2.75) is 0 Å². The van der Waals surface area contributed by atoms with Gasteiger partial charge < -0.3 is 0 Å². The minimum Gasteiger partial charge on any atom is -0.187 e. The Balaban J connectivity index is 2.80. The fourth-order valence-electron chi connectivity index (χ4n) is 0. The zero-order valence-corrected chi connectivity index (χ0v) is 2.52. The molecule has 0 atom stereocenters. The molecular weight excluding hydrogens is 54.0 g/mol. The first-order valence-electron chi connectivity index (χ1n) is 0.929. The van der Waals surface area contributed by atoms with Crippen LogP contribution in [0.4, 0.5) is 0 Å². The lowest BCUT2D eigenvalue weighted by atomic mass is 11.5. The molecule has 0 aliphatic rings. The Hall–Kier alpha value is -0.600. The largest absolute Gasteiger partial charge is 0.189 e. The lowest BCUT2D eigenvalue weighted by Crippen LogP contribution is -2.06. The van der Waals surface area contributed by atoms with Crippen LogP contribution in [-0.2, 0) is 0 Å². The smallest absolute Gasteiger partial charge is 0.187 e. The Morgan fingerprint density at radius 2 is 2.00 bits per heavy atom. The quantitative estimate of drug-likeness (QED) is 0.169. The molecule has 3 nitrogen and oxygen atoms in total. The summed E-state index contributed by atoms with van der Waals surface area (Å²) in [7, 11) is 1.44. The Morgan fingerprint density at radius 1 is 2.00 bits per heavy atom. The lowest BCUT2D eigenvalue weighted by Gasteiger charge is -1.60. The Bertz CT molecular complexity index is 26.3. The zero-order valence-electron chi connectivity index (χ0n) is 2.52. The molecule has 0 rings (SSSR count). The molecule has 0 aliphatic heterocycles. The van der Waals surface area contributed by atoms with Crippen molar-refractivity contribution in [1.29, 1.82) is 5.53 Å². The average molecular weight is 60.1 g/mol. The van der Waals surface area contributed by atoms with Crippen LogP contribution in [0.3, 0.4) is 0 Å². The molecular formula is CH6N3+. The van der Waals surface area contributed by atoms with E-state index in [1.54, 1.807) is 0 Å². The number of nitrogens with one attached hydrogen (secondary N) is 1. The second kappa shape index (κ2) is 0.817. The van der Waals surface area contributed by atoms with Crippen molar-refractivity contribution in [3.63, 3.8) is 0 Å². The maximum Gasteiger partial charge on any atom is 0.189 e. The topological polar surface area (TPSA) is 52.9 Å². The van der Waals surface area contributed by atoms with Crippen molar-refractivity contribution in [3.05, 3.63) is 0 Å². The summed E-state index contributed by atoms with van der Waals surface area (Å²) in [6, 6.07) is 0. The van der Waals surface area contributed by atoms with Crippen molar-refractivity contribution < 1.29 is 4.81 Å². The number of hydrazine groups is 1. The highest BCUT2D eigenvalue weighted by Crippen LogP contribution is 1.24. The van der Waals surface area contributed by atoms with E-state index in [-0.39, 0.29) is 0 Å². The van der Waals surface area contributed by atoms with Crippen LogP contribution in [0.15, 0.2) is 0 Å². The third kappa shape index (κ3) is 0.622. The van der Waals surface area contributed by atoms with Crippen LogP contribution in [0.25, 0.3) is 0 Å². The zero-order chi connectivity index (χ0) is 3.58. The molecule has 3 N–H and O–H groups in total. The van der Waals surface area contributed by atoms with Crippen LogP contribution in [0.2, 0.25) is 0 Å². The van der Waals surface area contributed by atoms with Gasteiger partial charge in [0.1, 0.15) is 0 Å². The van der Waals surface area contributed by atoms with Gasteiger partial charge >= 0.3 is 0 Å². The molecule has 0 saturated heterocycles. The van der Waals surface area contributed by atoms with E-state index < -0.39 is 0 Å². The van der Waals surface area contributed by atoms with E-state index in [1.807, 2.05) is 0 Å². The van der Waals surface area contributed by atoms with Crippen LogP contribution in [0.1, 0.15) is 0 Å². The first kappa shape index (κ1) is 3.40. The molecule has 0 aromatic carbocycles. The first-order chi connectivity index (χ1) is 1.73. The Morgan fingerprint density at radius 3 is 2.00 bits per heavy atom. The molecule has 3 heteroatoms. The average Bonchev–Trinajstić information content (AvgIpc) is 0.811. The van der Waals surface area contributed by atoms with Gasteiger partial charge in [-0.05, 0) is 10.3 Å². The normalized spacial score (nSPS) is 6.25. The van der Waals surface area contributed by atoms with Crippen molar-refractivity contribution in [2.75, 3.05) is 7.05 Å². The molecule has 0 radical (unpaired) electrons. The molecule has 0 spiro atoms. The van der Waals surface area contributed by atoms with Crippen molar-refractivity contribution in [1.82, 2.24) is 0 Å². The number of hydrogen-bond donors (Lipinski definition) is 2. The minimum atomic E-state index is 0.750. The van der Waals surface area contributed by atoms with E-state index in [0.717, 1.165) is 4.81 Å². The SMILES string of the molecule is C[N+](=N)N. The number of rotatable bonds is 0. The van der Waals surface area contributed by atoms with Crippen LogP contribution < -0.4 is 5.84 Å². The van der Waals surface area contributed by atoms with Crippen LogP contribution >= 0.6 is 0 Å². The fraction of sp³-hybridized carbons (Fsp3) is 1.00. The van der Waals surface area contributed by atoms with Gasteiger partial charge in [-0.15, -0.1) is 0 Å². The summed E-state index contributed by atoms with van der Waals surface area (Å²) >= 11 is 0. The van der Waals surface area contributed by atoms with Crippen LogP contribution in [-0.4, -0.2) is 11.9 Å². The Kier molecular flexibility index (Phi) is 0.694. The molecule has 0 fully saturated rings. The predicted octanol–water partition coefficient (Wildman–Crippen LogP) is -0.467. The molecule has 0 aromatic heterocycles. The van der Waals surface area contributed by atoms with Gasteiger partial charge in [0.05, 0.1) is 0 Å². The molecule has 0 saturated carbocycles. The lowest BCUT2D eigenvalue weighted by molar-refractivity contribution is -0.599. The number of nitrogens with zero attached hydrogens (tertiary/aromatic N) is 1. The molecule has 0 aliphatic carbocycles. The molecule has 24 valence electrons. The highest BCUT2D eigenvalue weighted by Gasteiger charge is 1.58. The van der Waals surface area contributed by atoms with Gasteiger partial charge in [0, 0.05) is 0 Å². The minimum absolute atomic E-state index is 0.750. The molecule has 0 unspecified atom stereocenters. The standard InChI is InChI=1S/CH6N3/c1-4(2)3/h1H3,(H3,2,3)/q+1. The monoisotopic (exact) mass is 60.1 g/mol. The number of nitrogens with two attached hydrogens (primary N) is 1. The molecule has 0 bridgehead atoms. The Labute approximate surface area is 24.5 Å². The number of hydrogen-bond acceptors (Lipinski definition) is 1. The third-order valence-corrected chi connectivity index (χ3v) is 0. The summed E-state index contributed by atoms with van der Waals surface area (Å²) in [5.74, 6) is 4.61. The van der Waals surface area contributed by atoms with Gasteiger partial charge in [-0.2, -0.15) is 5.84 Å². The predicted molar refractivity (Wildman–Crippen MR) is 13.1 cm³/mol. The van der Waals surface area contributed by atoms with E-state index in [2.05, 4.69) is 5.84 Å². The van der Waals surface area contributed by atoms with Gasteiger partial charge in [-0.25, -0.2) is 0 Å². The highest BCUT2D eigenvalue weighted by molar-refractivity contribution is 3.32. The highest BCUT2D eigenvalue weighted by atomic mass is 15.4. The maximum atomic E-state index is 6.19. The maximum absolute atomic E-state index is 6.19. The summed E-state index contributed by atoms with van der Waals surface area (Å²) in [5.41, 5.74) is 6.19. The van der Waals surface area contributed by atoms with Gasteiger partial charge in [0.2, 0.25) is 0 Å². The van der Waals surface area contributed by atoms with Crippen molar-refractivity contribution >= 4 is 0 Å². The van der Waals surface area contributed by atoms with E-state index in [1.165, 1.54) is 7.05 Å².